The Morgan fingerprint density at radius 3 is 2.64 bits per heavy atom. The molecule has 1 atom stereocenters. The summed E-state index contributed by atoms with van der Waals surface area (Å²) in [6.07, 6.45) is 1.66. The van der Waals surface area contributed by atoms with Crippen LogP contribution in [0.2, 0.25) is 0 Å². The smallest absolute Gasteiger partial charge is 0.173 e. The molecule has 0 fully saturated rings. The molecule has 0 unspecified atom stereocenters. The number of hydrogen-bond donors (Lipinski definition) is 1. The summed E-state index contributed by atoms with van der Waals surface area (Å²) < 4.78 is 26.0. The predicted octanol–water partition coefficient (Wildman–Crippen LogP) is 3.53. The topological polar surface area (TPSA) is 26.0 Å². The van der Waals surface area contributed by atoms with Gasteiger partial charge in [-0.15, -0.1) is 0 Å². The molecule has 0 aliphatic carbocycles. The van der Waals surface area contributed by atoms with Crippen molar-refractivity contribution in [2.45, 2.75) is 25.8 Å². The molecule has 4 heteroatoms. The van der Waals surface area contributed by atoms with Gasteiger partial charge in [-0.2, -0.15) is 0 Å². The number of nitrogens with two attached hydrogens (primary N) is 1. The molecule has 0 heterocycles. The molecule has 1 aromatic rings. The molecular formula is C10H12BrF2N. The third-order valence-corrected chi connectivity index (χ3v) is 2.87. The highest BCUT2D eigenvalue weighted by Crippen LogP contribution is 2.28. The zero-order valence-corrected chi connectivity index (χ0v) is 9.44. The Hall–Kier alpha value is -0.480. The second kappa shape index (κ2) is 4.84. The van der Waals surface area contributed by atoms with Crippen LogP contribution in [0.25, 0.3) is 0 Å². The fourth-order valence-corrected chi connectivity index (χ4v) is 1.91. The van der Waals surface area contributed by atoms with Crippen molar-refractivity contribution in [1.82, 2.24) is 0 Å². The van der Waals surface area contributed by atoms with Crippen molar-refractivity contribution in [2.24, 2.45) is 5.73 Å². The van der Waals surface area contributed by atoms with Crippen LogP contribution < -0.4 is 5.73 Å². The van der Waals surface area contributed by atoms with Gasteiger partial charge >= 0.3 is 0 Å². The van der Waals surface area contributed by atoms with Gasteiger partial charge in [0.05, 0.1) is 4.47 Å². The summed E-state index contributed by atoms with van der Waals surface area (Å²) in [4.78, 5) is 0. The van der Waals surface area contributed by atoms with E-state index in [1.807, 2.05) is 6.92 Å². The molecule has 1 rings (SSSR count). The lowest BCUT2D eigenvalue weighted by atomic mass is 10.0. The van der Waals surface area contributed by atoms with Crippen LogP contribution in [-0.2, 0) is 0 Å². The van der Waals surface area contributed by atoms with E-state index in [4.69, 9.17) is 5.73 Å². The second-order valence-electron chi connectivity index (χ2n) is 3.16. The molecule has 0 aromatic heterocycles. The van der Waals surface area contributed by atoms with E-state index >= 15 is 0 Å². The molecule has 0 aliphatic rings. The number of benzene rings is 1. The van der Waals surface area contributed by atoms with Gasteiger partial charge in [0.15, 0.2) is 11.6 Å². The zero-order valence-electron chi connectivity index (χ0n) is 7.86. The minimum absolute atomic E-state index is 0.137. The SMILES string of the molecule is CCC[C@@H](N)c1ccc(F)c(F)c1Br. The summed E-state index contributed by atoms with van der Waals surface area (Å²) in [7, 11) is 0. The van der Waals surface area contributed by atoms with Gasteiger partial charge in [0.25, 0.3) is 0 Å². The van der Waals surface area contributed by atoms with Gasteiger partial charge in [-0.3, -0.25) is 0 Å². The monoisotopic (exact) mass is 263 g/mol. The standard InChI is InChI=1S/C10H12BrF2N/c1-2-3-8(14)6-4-5-7(12)10(13)9(6)11/h4-5,8H,2-3,14H2,1H3/t8-/m1/s1. The first-order valence-corrected chi connectivity index (χ1v) is 5.26. The molecule has 0 bridgehead atoms. The van der Waals surface area contributed by atoms with Crippen LogP contribution in [0.15, 0.2) is 16.6 Å². The Kier molecular flexibility index (Phi) is 4.01. The minimum atomic E-state index is -0.867. The summed E-state index contributed by atoms with van der Waals surface area (Å²) in [5, 5.41) is 0. The minimum Gasteiger partial charge on any atom is -0.324 e. The Balaban J connectivity index is 3.04. The molecular weight excluding hydrogens is 252 g/mol. The zero-order chi connectivity index (χ0) is 10.7. The molecule has 0 radical (unpaired) electrons. The number of halogens is 3. The van der Waals surface area contributed by atoms with Gasteiger partial charge in [-0.05, 0) is 34.0 Å². The van der Waals surface area contributed by atoms with E-state index in [2.05, 4.69) is 15.9 Å². The highest BCUT2D eigenvalue weighted by molar-refractivity contribution is 9.10. The molecule has 2 N–H and O–H groups in total. The fraction of sp³-hybridized carbons (Fsp3) is 0.400. The normalized spacial score (nSPS) is 12.9. The van der Waals surface area contributed by atoms with E-state index in [1.54, 1.807) is 0 Å². The van der Waals surface area contributed by atoms with Crippen molar-refractivity contribution in [1.29, 1.82) is 0 Å². The van der Waals surface area contributed by atoms with E-state index in [9.17, 15) is 8.78 Å². The van der Waals surface area contributed by atoms with Crippen molar-refractivity contribution < 1.29 is 8.78 Å². The van der Waals surface area contributed by atoms with Crippen molar-refractivity contribution in [3.63, 3.8) is 0 Å². The van der Waals surface area contributed by atoms with E-state index < -0.39 is 11.6 Å². The van der Waals surface area contributed by atoms with Gasteiger partial charge in [0, 0.05) is 6.04 Å². The highest BCUT2D eigenvalue weighted by atomic mass is 79.9. The Labute approximate surface area is 90.4 Å². The second-order valence-corrected chi connectivity index (χ2v) is 3.95. The largest absolute Gasteiger partial charge is 0.324 e. The molecule has 1 nitrogen and oxygen atoms in total. The van der Waals surface area contributed by atoms with Gasteiger partial charge in [0.1, 0.15) is 0 Å². The molecule has 0 spiro atoms. The predicted molar refractivity (Wildman–Crippen MR) is 55.9 cm³/mol. The Morgan fingerprint density at radius 2 is 2.07 bits per heavy atom. The van der Waals surface area contributed by atoms with E-state index in [0.717, 1.165) is 18.9 Å². The van der Waals surface area contributed by atoms with Crippen LogP contribution in [0.3, 0.4) is 0 Å². The summed E-state index contributed by atoms with van der Waals surface area (Å²) >= 11 is 3.01. The summed E-state index contributed by atoms with van der Waals surface area (Å²) in [5.74, 6) is -1.72. The highest BCUT2D eigenvalue weighted by Gasteiger charge is 2.15. The lowest BCUT2D eigenvalue weighted by molar-refractivity contribution is 0.498. The van der Waals surface area contributed by atoms with Gasteiger partial charge < -0.3 is 5.73 Å². The van der Waals surface area contributed by atoms with Crippen molar-refractivity contribution in [3.8, 4) is 0 Å². The maximum atomic E-state index is 13.1. The van der Waals surface area contributed by atoms with Crippen LogP contribution in [0.1, 0.15) is 31.4 Å². The van der Waals surface area contributed by atoms with Gasteiger partial charge in [-0.1, -0.05) is 19.4 Å². The van der Waals surface area contributed by atoms with E-state index in [1.165, 1.54) is 6.07 Å². The molecule has 0 saturated heterocycles. The fourth-order valence-electron chi connectivity index (χ4n) is 1.29. The van der Waals surface area contributed by atoms with E-state index in [-0.39, 0.29) is 10.5 Å². The van der Waals surface area contributed by atoms with Gasteiger partial charge in [0.2, 0.25) is 0 Å². The van der Waals surface area contributed by atoms with Gasteiger partial charge in [-0.25, -0.2) is 8.78 Å². The molecule has 0 amide bonds. The Bertz CT molecular complexity index is 328. The molecule has 14 heavy (non-hydrogen) atoms. The number of hydrogen-bond acceptors (Lipinski definition) is 1. The third-order valence-electron chi connectivity index (χ3n) is 2.06. The lowest BCUT2D eigenvalue weighted by Gasteiger charge is -2.13. The average molecular weight is 264 g/mol. The summed E-state index contributed by atoms with van der Waals surface area (Å²) in [6.45, 7) is 1.99. The maximum Gasteiger partial charge on any atom is 0.173 e. The first kappa shape index (κ1) is 11.6. The summed E-state index contributed by atoms with van der Waals surface area (Å²) in [5.41, 5.74) is 6.42. The van der Waals surface area contributed by atoms with Crippen LogP contribution in [-0.4, -0.2) is 0 Å². The van der Waals surface area contributed by atoms with Crippen molar-refractivity contribution in [3.05, 3.63) is 33.8 Å². The maximum absolute atomic E-state index is 13.1. The molecule has 0 aliphatic heterocycles. The molecule has 0 saturated carbocycles. The molecule has 78 valence electrons. The first-order valence-electron chi connectivity index (χ1n) is 4.46. The average Bonchev–Trinajstić information content (AvgIpc) is 2.15. The van der Waals surface area contributed by atoms with Crippen molar-refractivity contribution >= 4 is 15.9 Å². The van der Waals surface area contributed by atoms with E-state index in [0.29, 0.717) is 5.56 Å². The molecule has 1 aromatic carbocycles. The Morgan fingerprint density at radius 1 is 1.43 bits per heavy atom. The first-order chi connectivity index (χ1) is 6.57. The number of rotatable bonds is 3. The van der Waals surface area contributed by atoms with Crippen LogP contribution >= 0.6 is 15.9 Å². The third kappa shape index (κ3) is 2.30. The lowest BCUT2D eigenvalue weighted by Crippen LogP contribution is -2.11. The van der Waals surface area contributed by atoms with Crippen molar-refractivity contribution in [2.75, 3.05) is 0 Å². The van der Waals surface area contributed by atoms with Crippen LogP contribution in [0, 0.1) is 11.6 Å². The summed E-state index contributed by atoms with van der Waals surface area (Å²) in [6, 6.07) is 2.37. The van der Waals surface area contributed by atoms with Crippen LogP contribution in [0.5, 0.6) is 0 Å². The quantitative estimate of drug-likeness (QED) is 0.830. The van der Waals surface area contributed by atoms with Crippen LogP contribution in [0.4, 0.5) is 8.78 Å².